The van der Waals surface area contributed by atoms with E-state index in [-0.39, 0.29) is 5.91 Å². The van der Waals surface area contributed by atoms with Crippen LogP contribution in [0.4, 0.5) is 0 Å². The first kappa shape index (κ1) is 20.3. The lowest BCUT2D eigenvalue weighted by molar-refractivity contribution is -0.116. The summed E-state index contributed by atoms with van der Waals surface area (Å²) in [5.74, 6) is 1.34. The van der Waals surface area contributed by atoms with Crippen LogP contribution in [0, 0.1) is 0 Å². The van der Waals surface area contributed by atoms with Gasteiger partial charge in [0, 0.05) is 24.4 Å². The lowest BCUT2D eigenvalue weighted by atomic mass is 10.2. The van der Waals surface area contributed by atoms with Crippen LogP contribution >= 0.6 is 11.6 Å². The van der Waals surface area contributed by atoms with Crippen molar-refractivity contribution in [3.05, 3.63) is 65.3 Å². The van der Waals surface area contributed by atoms with Crippen molar-refractivity contribution in [3.63, 3.8) is 0 Å². The monoisotopic (exact) mass is 413 g/mol. The van der Waals surface area contributed by atoms with E-state index in [9.17, 15) is 4.79 Å². The number of hydrogen-bond donors (Lipinski definition) is 1. The van der Waals surface area contributed by atoms with Gasteiger partial charge in [0.1, 0.15) is 12.7 Å². The second-order valence-corrected chi connectivity index (χ2v) is 6.25. The van der Waals surface area contributed by atoms with Gasteiger partial charge in [-0.05, 0) is 36.8 Å². The van der Waals surface area contributed by atoms with Crippen molar-refractivity contribution in [2.24, 2.45) is 0 Å². The Bertz CT molecular complexity index is 1010. The number of aromatic nitrogens is 4. The van der Waals surface area contributed by atoms with E-state index in [0.717, 1.165) is 11.1 Å². The van der Waals surface area contributed by atoms with Gasteiger partial charge in [-0.15, -0.1) is 0 Å². The maximum absolute atomic E-state index is 12.3. The highest BCUT2D eigenvalue weighted by Crippen LogP contribution is 2.36. The lowest BCUT2D eigenvalue weighted by Crippen LogP contribution is -2.21. The van der Waals surface area contributed by atoms with Crippen LogP contribution in [-0.4, -0.2) is 39.4 Å². The molecule has 0 aliphatic rings. The van der Waals surface area contributed by atoms with E-state index in [2.05, 4.69) is 20.4 Å². The Labute approximate surface area is 173 Å². The summed E-state index contributed by atoms with van der Waals surface area (Å²) in [5.41, 5.74) is 1.53. The number of ether oxygens (including phenoxy) is 2. The highest BCUT2D eigenvalue weighted by atomic mass is 35.5. The molecule has 3 aromatic rings. The number of pyridine rings is 1. The molecule has 0 fully saturated rings. The molecule has 0 spiro atoms. The molecule has 0 aliphatic carbocycles. The average molecular weight is 414 g/mol. The summed E-state index contributed by atoms with van der Waals surface area (Å²) < 4.78 is 12.4. The number of methoxy groups -OCH3 is 1. The zero-order chi connectivity index (χ0) is 20.6. The Morgan fingerprint density at radius 3 is 2.97 bits per heavy atom. The second kappa shape index (κ2) is 9.70. The van der Waals surface area contributed by atoms with Crippen molar-refractivity contribution >= 4 is 23.6 Å². The van der Waals surface area contributed by atoms with Gasteiger partial charge in [0.2, 0.25) is 5.91 Å². The summed E-state index contributed by atoms with van der Waals surface area (Å²) in [6, 6.07) is 7.14. The van der Waals surface area contributed by atoms with Crippen LogP contribution in [0.1, 0.15) is 18.1 Å². The van der Waals surface area contributed by atoms with Crippen molar-refractivity contribution in [1.82, 2.24) is 25.1 Å². The minimum Gasteiger partial charge on any atom is -0.491 e. The Hall–Kier alpha value is -3.39. The van der Waals surface area contributed by atoms with Gasteiger partial charge < -0.3 is 14.8 Å². The van der Waals surface area contributed by atoms with E-state index in [4.69, 9.17) is 21.1 Å². The molecule has 1 amide bonds. The molecular weight excluding hydrogens is 394 g/mol. The first-order valence-corrected chi connectivity index (χ1v) is 9.25. The van der Waals surface area contributed by atoms with Gasteiger partial charge in [0.15, 0.2) is 17.3 Å². The third kappa shape index (κ3) is 5.11. The van der Waals surface area contributed by atoms with Crippen molar-refractivity contribution in [1.29, 1.82) is 0 Å². The molecule has 0 aliphatic heterocycles. The Morgan fingerprint density at radius 1 is 1.38 bits per heavy atom. The molecule has 0 atom stereocenters. The van der Waals surface area contributed by atoms with Crippen molar-refractivity contribution in [2.75, 3.05) is 13.7 Å². The second-order valence-electron chi connectivity index (χ2n) is 5.84. The largest absolute Gasteiger partial charge is 0.491 e. The van der Waals surface area contributed by atoms with Crippen LogP contribution in [-0.2, 0) is 11.3 Å². The third-order valence-electron chi connectivity index (χ3n) is 3.92. The Kier molecular flexibility index (Phi) is 6.80. The molecule has 3 rings (SSSR count). The number of carbonyl (C=O) groups excluding carboxylic acids is 1. The summed E-state index contributed by atoms with van der Waals surface area (Å²) in [4.78, 5) is 20.5. The zero-order valence-electron chi connectivity index (χ0n) is 16.0. The number of halogens is 1. The maximum Gasteiger partial charge on any atom is 0.244 e. The molecule has 0 saturated carbocycles. The van der Waals surface area contributed by atoms with Crippen LogP contribution in [0.15, 0.2) is 49.2 Å². The SMILES string of the molecule is CCOc1cc(/C=C/C(=O)NCc2cccnc2-n2cncn2)cc(Cl)c1OC. The van der Waals surface area contributed by atoms with Crippen molar-refractivity contribution in [2.45, 2.75) is 13.5 Å². The quantitative estimate of drug-likeness (QED) is 0.571. The van der Waals surface area contributed by atoms with Gasteiger partial charge >= 0.3 is 0 Å². The summed E-state index contributed by atoms with van der Waals surface area (Å²) >= 11 is 6.23. The van der Waals surface area contributed by atoms with E-state index < -0.39 is 0 Å². The lowest BCUT2D eigenvalue weighted by Gasteiger charge is -2.11. The fraction of sp³-hybridized carbons (Fsp3) is 0.200. The van der Waals surface area contributed by atoms with Crippen LogP contribution < -0.4 is 14.8 Å². The summed E-state index contributed by atoms with van der Waals surface area (Å²) in [7, 11) is 1.53. The fourth-order valence-corrected chi connectivity index (χ4v) is 2.95. The zero-order valence-corrected chi connectivity index (χ0v) is 16.8. The Morgan fingerprint density at radius 2 is 2.24 bits per heavy atom. The van der Waals surface area contributed by atoms with Crippen LogP contribution in [0.2, 0.25) is 5.02 Å². The minimum absolute atomic E-state index is 0.261. The number of benzene rings is 1. The summed E-state index contributed by atoms with van der Waals surface area (Å²) in [6.45, 7) is 2.63. The topological polar surface area (TPSA) is 91.2 Å². The molecule has 29 heavy (non-hydrogen) atoms. The molecule has 0 saturated heterocycles. The van der Waals surface area contributed by atoms with Gasteiger partial charge in [0.05, 0.1) is 18.7 Å². The van der Waals surface area contributed by atoms with Gasteiger partial charge in [-0.1, -0.05) is 17.7 Å². The molecule has 2 heterocycles. The molecule has 0 unspecified atom stereocenters. The molecule has 150 valence electrons. The highest BCUT2D eigenvalue weighted by Gasteiger charge is 2.11. The first-order chi connectivity index (χ1) is 14.1. The number of amides is 1. The Balaban J connectivity index is 1.68. The predicted molar refractivity (Wildman–Crippen MR) is 109 cm³/mol. The average Bonchev–Trinajstić information content (AvgIpc) is 3.26. The molecule has 1 N–H and O–H groups in total. The molecular formula is C20H20ClN5O3. The van der Waals surface area contributed by atoms with E-state index in [0.29, 0.717) is 35.5 Å². The standard InChI is InChI=1S/C20H20ClN5O3/c1-3-29-17-10-14(9-16(21)19(17)28-2)6-7-18(27)24-11-15-5-4-8-23-20(15)26-13-22-12-25-26/h4-10,12-13H,3,11H2,1-2H3,(H,24,27)/b7-6+. The fourth-order valence-electron chi connectivity index (χ4n) is 2.65. The minimum atomic E-state index is -0.261. The molecule has 2 aromatic heterocycles. The number of nitrogens with zero attached hydrogens (tertiary/aromatic N) is 4. The highest BCUT2D eigenvalue weighted by molar-refractivity contribution is 6.32. The van der Waals surface area contributed by atoms with Gasteiger partial charge in [0.25, 0.3) is 0 Å². The molecule has 1 aromatic carbocycles. The van der Waals surface area contributed by atoms with Gasteiger partial charge in [-0.2, -0.15) is 5.10 Å². The third-order valence-corrected chi connectivity index (χ3v) is 4.20. The summed E-state index contributed by atoms with van der Waals surface area (Å²) in [6.07, 6.45) is 7.73. The molecule has 9 heteroatoms. The smallest absolute Gasteiger partial charge is 0.244 e. The summed E-state index contributed by atoms with van der Waals surface area (Å²) in [5, 5.41) is 7.32. The van der Waals surface area contributed by atoms with E-state index in [1.54, 1.807) is 41.5 Å². The van der Waals surface area contributed by atoms with E-state index >= 15 is 0 Å². The normalized spacial score (nSPS) is 10.9. The number of rotatable bonds is 8. The van der Waals surface area contributed by atoms with Crippen LogP contribution in [0.25, 0.3) is 11.9 Å². The predicted octanol–water partition coefficient (Wildman–Crippen LogP) is 3.05. The van der Waals surface area contributed by atoms with Gasteiger partial charge in [-0.25, -0.2) is 14.6 Å². The van der Waals surface area contributed by atoms with E-state index in [1.165, 1.54) is 19.5 Å². The molecule has 8 nitrogen and oxygen atoms in total. The number of hydrogen-bond acceptors (Lipinski definition) is 6. The number of nitrogens with one attached hydrogen (secondary N) is 1. The van der Waals surface area contributed by atoms with Gasteiger partial charge in [-0.3, -0.25) is 4.79 Å². The van der Waals surface area contributed by atoms with Crippen LogP contribution in [0.3, 0.4) is 0 Å². The first-order valence-electron chi connectivity index (χ1n) is 8.87. The van der Waals surface area contributed by atoms with Crippen LogP contribution in [0.5, 0.6) is 11.5 Å². The van der Waals surface area contributed by atoms with Crippen molar-refractivity contribution in [3.8, 4) is 17.3 Å². The molecule has 0 radical (unpaired) electrons. The molecule has 0 bridgehead atoms. The van der Waals surface area contributed by atoms with E-state index in [1.807, 2.05) is 13.0 Å². The van der Waals surface area contributed by atoms with Crippen molar-refractivity contribution < 1.29 is 14.3 Å². The number of carbonyl (C=O) groups is 1. The maximum atomic E-state index is 12.3.